The lowest BCUT2D eigenvalue weighted by atomic mass is 9.76. The largest absolute Gasteiger partial charge is 0.494 e. The summed E-state index contributed by atoms with van der Waals surface area (Å²) in [5, 5.41) is 11.9. The number of carbonyl (C=O) groups excluding carboxylic acids is 1. The number of aliphatic hydroxyl groups is 1. The van der Waals surface area contributed by atoms with Crippen molar-refractivity contribution in [3.63, 3.8) is 0 Å². The molecule has 0 aliphatic heterocycles. The van der Waals surface area contributed by atoms with Crippen LogP contribution < -0.4 is 10.5 Å². The van der Waals surface area contributed by atoms with Crippen molar-refractivity contribution < 1.29 is 14.6 Å². The maximum atomic E-state index is 11.3. The number of nitrogens with zero attached hydrogens (tertiary/aromatic N) is 1. The van der Waals surface area contributed by atoms with E-state index >= 15 is 0 Å². The second-order valence-corrected chi connectivity index (χ2v) is 6.98. The van der Waals surface area contributed by atoms with Gasteiger partial charge in [0.15, 0.2) is 0 Å². The van der Waals surface area contributed by atoms with Gasteiger partial charge in [-0.3, -0.25) is 9.78 Å². The molecule has 0 atom stereocenters. The summed E-state index contributed by atoms with van der Waals surface area (Å²) in [7, 11) is 0. The molecule has 1 heterocycles. The standard InChI is InChI=1S/C20H26N2O3/c1-2-25-16-3-4-18-17(13-16)14(8-12-22-18)5-9-20(24)10-6-15(7-11-20)19(21)23/h3-4,8,12-13,15,24H,2,5-7,9-11H2,1H3,(H2,21,23). The highest BCUT2D eigenvalue weighted by atomic mass is 16.5. The van der Waals surface area contributed by atoms with Crippen molar-refractivity contribution >= 4 is 16.8 Å². The summed E-state index contributed by atoms with van der Waals surface area (Å²) in [4.78, 5) is 15.7. The molecule has 1 fully saturated rings. The Morgan fingerprint density at radius 1 is 1.36 bits per heavy atom. The molecule has 0 radical (unpaired) electrons. The van der Waals surface area contributed by atoms with Gasteiger partial charge in [-0.2, -0.15) is 0 Å². The zero-order valence-electron chi connectivity index (χ0n) is 14.7. The average Bonchev–Trinajstić information content (AvgIpc) is 2.60. The van der Waals surface area contributed by atoms with E-state index in [1.165, 1.54) is 0 Å². The second-order valence-electron chi connectivity index (χ2n) is 6.98. The molecule has 1 aliphatic rings. The van der Waals surface area contributed by atoms with Gasteiger partial charge in [0, 0.05) is 17.5 Å². The molecule has 0 saturated heterocycles. The van der Waals surface area contributed by atoms with Crippen LogP contribution in [0.15, 0.2) is 30.5 Å². The summed E-state index contributed by atoms with van der Waals surface area (Å²) in [6.45, 7) is 2.59. The summed E-state index contributed by atoms with van der Waals surface area (Å²) in [6.07, 6.45) is 5.88. The second kappa shape index (κ2) is 7.40. The number of nitrogens with two attached hydrogens (primary N) is 1. The van der Waals surface area contributed by atoms with Gasteiger partial charge in [-0.25, -0.2) is 0 Å². The highest BCUT2D eigenvalue weighted by Gasteiger charge is 2.34. The normalized spacial score (nSPS) is 23.5. The number of aromatic nitrogens is 1. The highest BCUT2D eigenvalue weighted by Crippen LogP contribution is 2.35. The Hall–Kier alpha value is -2.14. The lowest BCUT2D eigenvalue weighted by Crippen LogP contribution is -2.38. The molecule has 1 amide bonds. The van der Waals surface area contributed by atoms with E-state index in [0.717, 1.165) is 28.6 Å². The van der Waals surface area contributed by atoms with Crippen molar-refractivity contribution in [1.82, 2.24) is 4.98 Å². The van der Waals surface area contributed by atoms with E-state index in [0.29, 0.717) is 38.7 Å². The van der Waals surface area contributed by atoms with Gasteiger partial charge in [0.1, 0.15) is 5.75 Å². The number of amides is 1. The number of hydrogen-bond acceptors (Lipinski definition) is 4. The molecule has 25 heavy (non-hydrogen) atoms. The Bertz CT molecular complexity index is 752. The van der Waals surface area contributed by atoms with Gasteiger partial charge in [0.2, 0.25) is 5.91 Å². The van der Waals surface area contributed by atoms with Crippen LogP contribution >= 0.6 is 0 Å². The lowest BCUT2D eigenvalue weighted by Gasteiger charge is -2.35. The molecule has 2 aromatic rings. The van der Waals surface area contributed by atoms with Crippen LogP contribution in [0, 0.1) is 5.92 Å². The van der Waals surface area contributed by atoms with E-state index < -0.39 is 5.60 Å². The molecule has 5 heteroatoms. The summed E-state index contributed by atoms with van der Waals surface area (Å²) < 4.78 is 5.60. The zero-order valence-corrected chi connectivity index (χ0v) is 14.7. The highest BCUT2D eigenvalue weighted by molar-refractivity contribution is 5.83. The molecule has 134 valence electrons. The van der Waals surface area contributed by atoms with E-state index in [4.69, 9.17) is 10.5 Å². The summed E-state index contributed by atoms with van der Waals surface area (Å²) in [5.74, 6) is 0.506. The van der Waals surface area contributed by atoms with Crippen LogP contribution in [0.5, 0.6) is 5.75 Å². The lowest BCUT2D eigenvalue weighted by molar-refractivity contribution is -0.124. The molecule has 1 saturated carbocycles. The first-order valence-electron chi connectivity index (χ1n) is 9.03. The Morgan fingerprint density at radius 3 is 2.80 bits per heavy atom. The van der Waals surface area contributed by atoms with Gasteiger partial charge in [0.25, 0.3) is 0 Å². The van der Waals surface area contributed by atoms with E-state index in [2.05, 4.69) is 4.98 Å². The van der Waals surface area contributed by atoms with Gasteiger partial charge in [-0.1, -0.05) is 0 Å². The van der Waals surface area contributed by atoms with Crippen molar-refractivity contribution in [1.29, 1.82) is 0 Å². The maximum absolute atomic E-state index is 11.3. The molecule has 0 unspecified atom stereocenters. The SMILES string of the molecule is CCOc1ccc2nccc(CCC3(O)CCC(C(N)=O)CC3)c2c1. The third-order valence-electron chi connectivity index (χ3n) is 5.29. The van der Waals surface area contributed by atoms with Crippen LogP contribution in [0.1, 0.15) is 44.6 Å². The fraction of sp³-hybridized carbons (Fsp3) is 0.500. The van der Waals surface area contributed by atoms with Gasteiger partial charge < -0.3 is 15.6 Å². The minimum Gasteiger partial charge on any atom is -0.494 e. The van der Waals surface area contributed by atoms with Crippen LogP contribution in [-0.2, 0) is 11.2 Å². The number of hydrogen-bond donors (Lipinski definition) is 2. The van der Waals surface area contributed by atoms with Gasteiger partial charge in [0.05, 0.1) is 17.7 Å². The third kappa shape index (κ3) is 4.10. The Labute approximate surface area is 148 Å². The predicted molar refractivity (Wildman–Crippen MR) is 97.3 cm³/mol. The minimum atomic E-state index is -0.709. The van der Waals surface area contributed by atoms with Crippen molar-refractivity contribution in [2.24, 2.45) is 11.7 Å². The van der Waals surface area contributed by atoms with Crippen molar-refractivity contribution in [3.05, 3.63) is 36.0 Å². The zero-order chi connectivity index (χ0) is 17.9. The maximum Gasteiger partial charge on any atom is 0.220 e. The molecule has 1 aliphatic carbocycles. The first kappa shape index (κ1) is 17.7. The molecule has 0 bridgehead atoms. The molecule has 0 spiro atoms. The predicted octanol–water partition coefficient (Wildman–Crippen LogP) is 2.97. The number of carbonyl (C=O) groups is 1. The van der Waals surface area contributed by atoms with Crippen LogP contribution in [0.3, 0.4) is 0 Å². The van der Waals surface area contributed by atoms with Crippen LogP contribution in [0.2, 0.25) is 0 Å². The molecule has 3 N–H and O–H groups in total. The number of rotatable bonds is 6. The van der Waals surface area contributed by atoms with Crippen molar-refractivity contribution in [3.8, 4) is 5.75 Å². The molecular formula is C20H26N2O3. The molecule has 1 aromatic carbocycles. The van der Waals surface area contributed by atoms with Crippen LogP contribution in [0.4, 0.5) is 0 Å². The Morgan fingerprint density at radius 2 is 2.12 bits per heavy atom. The topological polar surface area (TPSA) is 85.4 Å². The molecule has 1 aromatic heterocycles. The van der Waals surface area contributed by atoms with Gasteiger partial charge in [-0.05, 0) is 75.3 Å². The average molecular weight is 342 g/mol. The molecular weight excluding hydrogens is 316 g/mol. The van der Waals surface area contributed by atoms with E-state index in [-0.39, 0.29) is 11.8 Å². The number of fused-ring (bicyclic) bond motifs is 1. The van der Waals surface area contributed by atoms with Crippen molar-refractivity contribution in [2.75, 3.05) is 6.61 Å². The van der Waals surface area contributed by atoms with Gasteiger partial charge in [-0.15, -0.1) is 0 Å². The van der Waals surface area contributed by atoms with E-state index in [9.17, 15) is 9.90 Å². The smallest absolute Gasteiger partial charge is 0.220 e. The fourth-order valence-electron chi connectivity index (χ4n) is 3.71. The monoisotopic (exact) mass is 342 g/mol. The summed E-state index contributed by atoms with van der Waals surface area (Å²) in [5.41, 5.74) is 6.77. The fourth-order valence-corrected chi connectivity index (χ4v) is 3.71. The minimum absolute atomic E-state index is 0.0872. The van der Waals surface area contributed by atoms with Crippen molar-refractivity contribution in [2.45, 2.75) is 51.0 Å². The van der Waals surface area contributed by atoms with E-state index in [1.54, 1.807) is 0 Å². The third-order valence-corrected chi connectivity index (χ3v) is 5.29. The van der Waals surface area contributed by atoms with Crippen LogP contribution in [-0.4, -0.2) is 28.2 Å². The quantitative estimate of drug-likeness (QED) is 0.845. The number of aryl methyl sites for hydroxylation is 1. The molecule has 3 rings (SSSR count). The van der Waals surface area contributed by atoms with Gasteiger partial charge >= 0.3 is 0 Å². The number of benzene rings is 1. The number of primary amides is 1. The number of ether oxygens (including phenoxy) is 1. The Kier molecular flexibility index (Phi) is 5.23. The summed E-state index contributed by atoms with van der Waals surface area (Å²) in [6, 6.07) is 7.93. The van der Waals surface area contributed by atoms with E-state index in [1.807, 2.05) is 37.4 Å². The molecule has 5 nitrogen and oxygen atoms in total. The summed E-state index contributed by atoms with van der Waals surface area (Å²) >= 11 is 0. The Balaban J connectivity index is 1.72. The first-order chi connectivity index (χ1) is 12.0. The number of pyridine rings is 1. The first-order valence-corrected chi connectivity index (χ1v) is 9.03. The van der Waals surface area contributed by atoms with Crippen LogP contribution in [0.25, 0.3) is 10.9 Å².